The van der Waals surface area contributed by atoms with E-state index in [1.54, 1.807) is 31.2 Å². The number of rotatable bonds is 7. The number of methoxy groups -OCH3 is 2. The molecule has 0 fully saturated rings. The molecule has 0 saturated carbocycles. The number of aliphatic hydroxyl groups is 1. The Balaban J connectivity index is 2.88. The highest BCUT2D eigenvalue weighted by atomic mass is 16.5. The fraction of sp³-hybridized carbons (Fsp3) is 0.333. The molecule has 0 saturated heterocycles. The number of carbonyl (C=O) groups excluding carboxylic acids is 1. The van der Waals surface area contributed by atoms with Gasteiger partial charge in [-0.2, -0.15) is 5.26 Å². The van der Waals surface area contributed by atoms with Gasteiger partial charge in [-0.1, -0.05) is 0 Å². The summed E-state index contributed by atoms with van der Waals surface area (Å²) in [4.78, 5) is 12.1. The van der Waals surface area contributed by atoms with E-state index in [0.717, 1.165) is 0 Å². The van der Waals surface area contributed by atoms with Gasteiger partial charge in [0.15, 0.2) is 0 Å². The van der Waals surface area contributed by atoms with Crippen molar-refractivity contribution in [2.24, 2.45) is 0 Å². The van der Waals surface area contributed by atoms with Gasteiger partial charge in [-0.15, -0.1) is 0 Å². The third-order valence-electron chi connectivity index (χ3n) is 2.68. The number of nitrogens with one attached hydrogen (secondary N) is 2. The second kappa shape index (κ2) is 8.54. The molecule has 0 radical (unpaired) electrons. The zero-order chi connectivity index (χ0) is 16.5. The summed E-state index contributed by atoms with van der Waals surface area (Å²) in [6.45, 7) is 1.83. The molecule has 0 aromatic heterocycles. The molecule has 0 aliphatic heterocycles. The van der Waals surface area contributed by atoms with Crippen molar-refractivity contribution in [3.8, 4) is 17.6 Å². The molecule has 7 heteroatoms. The molecular formula is C15H19N3O4. The zero-order valence-corrected chi connectivity index (χ0v) is 12.7. The van der Waals surface area contributed by atoms with Crippen molar-refractivity contribution in [1.82, 2.24) is 5.32 Å². The van der Waals surface area contributed by atoms with Gasteiger partial charge in [-0.3, -0.25) is 4.79 Å². The van der Waals surface area contributed by atoms with Crippen molar-refractivity contribution >= 4 is 11.6 Å². The molecule has 0 spiro atoms. The molecular weight excluding hydrogens is 286 g/mol. The number of amides is 1. The smallest absolute Gasteiger partial charge is 0.267 e. The second-order valence-electron chi connectivity index (χ2n) is 4.45. The molecule has 1 atom stereocenters. The molecule has 7 nitrogen and oxygen atoms in total. The number of nitrogens with zero attached hydrogens (tertiary/aromatic N) is 1. The molecule has 1 unspecified atom stereocenters. The Bertz CT molecular complexity index is 591. The summed E-state index contributed by atoms with van der Waals surface area (Å²) in [6, 6.07) is 6.73. The lowest BCUT2D eigenvalue weighted by molar-refractivity contribution is -0.112. The minimum atomic E-state index is -0.591. The van der Waals surface area contributed by atoms with E-state index >= 15 is 0 Å². The summed E-state index contributed by atoms with van der Waals surface area (Å²) in [5, 5.41) is 23.5. The van der Waals surface area contributed by atoms with Gasteiger partial charge < -0.3 is 25.2 Å². The predicted octanol–water partition coefficient (Wildman–Crippen LogP) is 1.02. The van der Waals surface area contributed by atoms with Gasteiger partial charge in [0.25, 0.3) is 5.91 Å². The Hall–Kier alpha value is -2.72. The van der Waals surface area contributed by atoms with Crippen molar-refractivity contribution in [1.29, 1.82) is 5.26 Å². The third-order valence-corrected chi connectivity index (χ3v) is 2.68. The lowest BCUT2D eigenvalue weighted by Gasteiger charge is -2.11. The number of hydrogen-bond donors (Lipinski definition) is 3. The normalized spacial score (nSPS) is 12.0. The van der Waals surface area contributed by atoms with E-state index < -0.39 is 12.0 Å². The van der Waals surface area contributed by atoms with Crippen LogP contribution in [-0.2, 0) is 4.79 Å². The quantitative estimate of drug-likeness (QED) is 0.513. The van der Waals surface area contributed by atoms with Crippen LogP contribution >= 0.6 is 0 Å². The number of hydrogen-bond acceptors (Lipinski definition) is 6. The Morgan fingerprint density at radius 3 is 2.73 bits per heavy atom. The number of aliphatic hydroxyl groups excluding tert-OH is 1. The van der Waals surface area contributed by atoms with Crippen LogP contribution in [0.5, 0.6) is 11.5 Å². The highest BCUT2D eigenvalue weighted by Crippen LogP contribution is 2.29. The molecule has 0 aliphatic carbocycles. The Labute approximate surface area is 129 Å². The molecule has 0 aliphatic rings. The van der Waals surface area contributed by atoms with Crippen LogP contribution < -0.4 is 20.1 Å². The lowest BCUT2D eigenvalue weighted by Crippen LogP contribution is -2.22. The van der Waals surface area contributed by atoms with Crippen LogP contribution in [0.4, 0.5) is 5.69 Å². The monoisotopic (exact) mass is 305 g/mol. The minimum Gasteiger partial charge on any atom is -0.497 e. The molecule has 1 amide bonds. The van der Waals surface area contributed by atoms with Crippen LogP contribution in [0.1, 0.15) is 6.92 Å². The van der Waals surface area contributed by atoms with E-state index in [1.807, 2.05) is 0 Å². The van der Waals surface area contributed by atoms with E-state index in [1.165, 1.54) is 20.4 Å². The Morgan fingerprint density at radius 1 is 1.45 bits per heavy atom. The van der Waals surface area contributed by atoms with Gasteiger partial charge in [0, 0.05) is 18.8 Å². The molecule has 1 rings (SSSR count). The number of anilines is 1. The van der Waals surface area contributed by atoms with Gasteiger partial charge >= 0.3 is 0 Å². The van der Waals surface area contributed by atoms with E-state index in [-0.39, 0.29) is 12.1 Å². The van der Waals surface area contributed by atoms with E-state index in [0.29, 0.717) is 17.2 Å². The zero-order valence-electron chi connectivity index (χ0n) is 12.7. The van der Waals surface area contributed by atoms with Gasteiger partial charge in [0.1, 0.15) is 23.1 Å². The van der Waals surface area contributed by atoms with Crippen molar-refractivity contribution in [2.45, 2.75) is 13.0 Å². The van der Waals surface area contributed by atoms with Gasteiger partial charge in [0.05, 0.1) is 26.0 Å². The molecule has 0 bridgehead atoms. The topological polar surface area (TPSA) is 104 Å². The predicted molar refractivity (Wildman–Crippen MR) is 81.6 cm³/mol. The average molecular weight is 305 g/mol. The number of benzene rings is 1. The summed E-state index contributed by atoms with van der Waals surface area (Å²) in [5.41, 5.74) is 0.272. The number of ether oxygens (including phenoxy) is 2. The number of nitriles is 1. The average Bonchev–Trinajstić information content (AvgIpc) is 2.51. The first-order valence-corrected chi connectivity index (χ1v) is 6.57. The first-order chi connectivity index (χ1) is 10.5. The SMILES string of the molecule is COc1ccc(OC)c(NC(=O)/C(C#N)=C\NCC(C)O)c1. The molecule has 118 valence electrons. The van der Waals surface area contributed by atoms with Gasteiger partial charge in [0.2, 0.25) is 0 Å². The molecule has 22 heavy (non-hydrogen) atoms. The maximum Gasteiger partial charge on any atom is 0.267 e. The van der Waals surface area contributed by atoms with Crippen LogP contribution in [0.2, 0.25) is 0 Å². The first kappa shape index (κ1) is 17.3. The maximum atomic E-state index is 12.1. The van der Waals surface area contributed by atoms with Crippen molar-refractivity contribution < 1.29 is 19.4 Å². The fourth-order valence-corrected chi connectivity index (χ4v) is 1.58. The fourth-order valence-electron chi connectivity index (χ4n) is 1.58. The third kappa shape index (κ3) is 5.00. The summed E-state index contributed by atoms with van der Waals surface area (Å²) in [7, 11) is 2.98. The van der Waals surface area contributed by atoms with Crippen LogP contribution in [0, 0.1) is 11.3 Å². The Morgan fingerprint density at radius 2 is 2.18 bits per heavy atom. The van der Waals surface area contributed by atoms with Crippen LogP contribution in [0.3, 0.4) is 0 Å². The van der Waals surface area contributed by atoms with Crippen molar-refractivity contribution in [3.05, 3.63) is 30.0 Å². The largest absolute Gasteiger partial charge is 0.497 e. The van der Waals surface area contributed by atoms with Gasteiger partial charge in [-0.25, -0.2) is 0 Å². The molecule has 0 heterocycles. The van der Waals surface area contributed by atoms with Crippen molar-refractivity contribution in [3.63, 3.8) is 0 Å². The molecule has 1 aromatic carbocycles. The van der Waals surface area contributed by atoms with Gasteiger partial charge in [-0.05, 0) is 19.1 Å². The van der Waals surface area contributed by atoms with Crippen LogP contribution in [0.25, 0.3) is 0 Å². The molecule has 1 aromatic rings. The van der Waals surface area contributed by atoms with Crippen LogP contribution in [-0.4, -0.2) is 37.9 Å². The lowest BCUT2D eigenvalue weighted by atomic mass is 10.2. The molecule has 3 N–H and O–H groups in total. The highest BCUT2D eigenvalue weighted by Gasteiger charge is 2.13. The Kier molecular flexibility index (Phi) is 6.73. The highest BCUT2D eigenvalue weighted by molar-refractivity contribution is 6.07. The van der Waals surface area contributed by atoms with Crippen molar-refractivity contribution in [2.75, 3.05) is 26.1 Å². The standard InChI is InChI=1S/C15H19N3O4/c1-10(19)8-17-9-11(7-16)15(20)18-13-6-12(21-2)4-5-14(13)22-3/h4-6,9-10,17,19H,8H2,1-3H3,(H,18,20)/b11-9-. The summed E-state index contributed by atoms with van der Waals surface area (Å²) in [5.74, 6) is 0.404. The summed E-state index contributed by atoms with van der Waals surface area (Å²) in [6.07, 6.45) is 0.673. The van der Waals surface area contributed by atoms with Crippen LogP contribution in [0.15, 0.2) is 30.0 Å². The van der Waals surface area contributed by atoms with E-state index in [4.69, 9.17) is 19.8 Å². The van der Waals surface area contributed by atoms with E-state index in [9.17, 15) is 4.79 Å². The maximum absolute atomic E-state index is 12.1. The minimum absolute atomic E-state index is 0.120. The summed E-state index contributed by atoms with van der Waals surface area (Å²) < 4.78 is 10.2. The summed E-state index contributed by atoms with van der Waals surface area (Å²) >= 11 is 0. The first-order valence-electron chi connectivity index (χ1n) is 6.57. The second-order valence-corrected chi connectivity index (χ2v) is 4.45. The number of carbonyl (C=O) groups is 1. The van der Waals surface area contributed by atoms with E-state index in [2.05, 4.69) is 10.6 Å².